The number of ether oxygens (including phenoxy) is 2. The molecule has 0 aromatic heterocycles. The molecule has 2 amide bonds. The summed E-state index contributed by atoms with van der Waals surface area (Å²) in [7, 11) is 0. The van der Waals surface area contributed by atoms with Crippen LogP contribution in [0.25, 0.3) is 0 Å². The summed E-state index contributed by atoms with van der Waals surface area (Å²) in [6.07, 6.45) is 0.410. The molecule has 1 saturated heterocycles. The summed E-state index contributed by atoms with van der Waals surface area (Å²) >= 11 is 0. The summed E-state index contributed by atoms with van der Waals surface area (Å²) in [6, 6.07) is 7.61. The summed E-state index contributed by atoms with van der Waals surface area (Å²) in [6.45, 7) is 9.74. The Labute approximate surface area is 149 Å². The first-order valence-electron chi connectivity index (χ1n) is 8.70. The van der Waals surface area contributed by atoms with Crippen molar-refractivity contribution >= 4 is 12.0 Å². The number of nitrogens with zero attached hydrogens (tertiary/aromatic N) is 2. The second-order valence-electron chi connectivity index (χ2n) is 7.30. The second-order valence-corrected chi connectivity index (χ2v) is 7.30. The number of carbonyl (C=O) groups is 2. The lowest BCUT2D eigenvalue weighted by molar-refractivity contribution is -0.133. The fourth-order valence-electron chi connectivity index (χ4n) is 2.55. The van der Waals surface area contributed by atoms with Crippen LogP contribution in [0, 0.1) is 6.92 Å². The molecule has 0 N–H and O–H groups in total. The first-order chi connectivity index (χ1) is 11.7. The lowest BCUT2D eigenvalue weighted by atomic mass is 10.2. The van der Waals surface area contributed by atoms with E-state index in [0.717, 1.165) is 12.0 Å². The van der Waals surface area contributed by atoms with Gasteiger partial charge in [-0.15, -0.1) is 0 Å². The summed E-state index contributed by atoms with van der Waals surface area (Å²) < 4.78 is 11.0. The Morgan fingerprint density at radius 3 is 2.24 bits per heavy atom. The van der Waals surface area contributed by atoms with Crippen LogP contribution in [0.2, 0.25) is 0 Å². The first kappa shape index (κ1) is 19.1. The standard InChI is InChI=1S/C19H28N2O4/c1-15-6-8-16(9-7-15)24-14-17(22)20-10-5-11-21(13-12-20)18(23)25-19(2,3)4/h6-9H,5,10-14H2,1-4H3. The van der Waals surface area contributed by atoms with Crippen molar-refractivity contribution in [2.24, 2.45) is 0 Å². The summed E-state index contributed by atoms with van der Waals surface area (Å²) in [5, 5.41) is 0. The molecule has 6 nitrogen and oxygen atoms in total. The van der Waals surface area contributed by atoms with Crippen molar-refractivity contribution in [3.8, 4) is 5.75 Å². The van der Waals surface area contributed by atoms with Gasteiger partial charge in [0.15, 0.2) is 6.61 Å². The molecule has 6 heteroatoms. The largest absolute Gasteiger partial charge is 0.484 e. The predicted molar refractivity (Wildman–Crippen MR) is 95.7 cm³/mol. The van der Waals surface area contributed by atoms with E-state index in [1.807, 2.05) is 52.0 Å². The molecule has 0 saturated carbocycles. The zero-order valence-electron chi connectivity index (χ0n) is 15.6. The molecule has 0 unspecified atom stereocenters. The van der Waals surface area contributed by atoms with E-state index in [9.17, 15) is 9.59 Å². The lowest BCUT2D eigenvalue weighted by Gasteiger charge is -2.26. The molecule has 0 radical (unpaired) electrons. The fraction of sp³-hybridized carbons (Fsp3) is 0.579. The summed E-state index contributed by atoms with van der Waals surface area (Å²) in [4.78, 5) is 27.9. The Hall–Kier alpha value is -2.24. The maximum Gasteiger partial charge on any atom is 0.410 e. The molecule has 1 aromatic rings. The monoisotopic (exact) mass is 348 g/mol. The zero-order chi connectivity index (χ0) is 18.4. The Balaban J connectivity index is 1.82. The predicted octanol–water partition coefficient (Wildman–Crippen LogP) is 2.84. The van der Waals surface area contributed by atoms with Gasteiger partial charge < -0.3 is 19.3 Å². The molecule has 0 bridgehead atoms. The Morgan fingerprint density at radius 2 is 1.60 bits per heavy atom. The van der Waals surface area contributed by atoms with Crippen LogP contribution >= 0.6 is 0 Å². The average Bonchev–Trinajstić information content (AvgIpc) is 2.78. The van der Waals surface area contributed by atoms with Gasteiger partial charge in [0.25, 0.3) is 5.91 Å². The lowest BCUT2D eigenvalue weighted by Crippen LogP contribution is -2.41. The van der Waals surface area contributed by atoms with E-state index in [0.29, 0.717) is 31.9 Å². The van der Waals surface area contributed by atoms with Crippen LogP contribution in [0.3, 0.4) is 0 Å². The molecular formula is C19H28N2O4. The van der Waals surface area contributed by atoms with Gasteiger partial charge in [-0.2, -0.15) is 0 Å². The van der Waals surface area contributed by atoms with E-state index in [4.69, 9.17) is 9.47 Å². The molecule has 2 rings (SSSR count). The normalized spacial score (nSPS) is 15.5. The highest BCUT2D eigenvalue weighted by molar-refractivity contribution is 5.78. The average molecular weight is 348 g/mol. The van der Waals surface area contributed by atoms with E-state index in [1.54, 1.807) is 9.80 Å². The van der Waals surface area contributed by atoms with Gasteiger partial charge in [0.05, 0.1) is 0 Å². The van der Waals surface area contributed by atoms with Gasteiger partial charge in [0.1, 0.15) is 11.4 Å². The van der Waals surface area contributed by atoms with Crippen molar-refractivity contribution in [1.29, 1.82) is 0 Å². The smallest absolute Gasteiger partial charge is 0.410 e. The van der Waals surface area contributed by atoms with Crippen LogP contribution in [0.1, 0.15) is 32.8 Å². The molecule has 1 aromatic carbocycles. The second kappa shape index (κ2) is 8.23. The molecule has 0 aliphatic carbocycles. The number of hydrogen-bond donors (Lipinski definition) is 0. The fourth-order valence-corrected chi connectivity index (χ4v) is 2.55. The maximum atomic E-state index is 12.4. The van der Waals surface area contributed by atoms with Gasteiger partial charge in [-0.05, 0) is 46.2 Å². The maximum absolute atomic E-state index is 12.4. The Morgan fingerprint density at radius 1 is 1.00 bits per heavy atom. The molecule has 0 atom stereocenters. The molecule has 1 aliphatic heterocycles. The number of amides is 2. The van der Waals surface area contributed by atoms with Gasteiger partial charge in [0.2, 0.25) is 0 Å². The van der Waals surface area contributed by atoms with Crippen molar-refractivity contribution in [1.82, 2.24) is 9.80 Å². The summed E-state index contributed by atoms with van der Waals surface area (Å²) in [5.74, 6) is 0.621. The molecule has 1 aliphatic rings. The van der Waals surface area contributed by atoms with Gasteiger partial charge in [-0.1, -0.05) is 17.7 Å². The number of aryl methyl sites for hydroxylation is 1. The van der Waals surface area contributed by atoms with Crippen molar-refractivity contribution in [2.75, 3.05) is 32.8 Å². The van der Waals surface area contributed by atoms with Crippen molar-refractivity contribution in [3.63, 3.8) is 0 Å². The Kier molecular flexibility index (Phi) is 6.28. The van der Waals surface area contributed by atoms with Gasteiger partial charge in [-0.3, -0.25) is 4.79 Å². The SMILES string of the molecule is Cc1ccc(OCC(=O)N2CCCN(C(=O)OC(C)(C)C)CC2)cc1. The molecule has 0 spiro atoms. The van der Waals surface area contributed by atoms with Crippen LogP contribution in [-0.2, 0) is 9.53 Å². The number of carbonyl (C=O) groups excluding carboxylic acids is 2. The quantitative estimate of drug-likeness (QED) is 0.843. The van der Waals surface area contributed by atoms with Crippen LogP contribution in [-0.4, -0.2) is 60.2 Å². The number of hydrogen-bond acceptors (Lipinski definition) is 4. The van der Waals surface area contributed by atoms with Crippen molar-refractivity contribution in [2.45, 2.75) is 39.7 Å². The van der Waals surface area contributed by atoms with Crippen molar-refractivity contribution in [3.05, 3.63) is 29.8 Å². The third-order valence-corrected chi connectivity index (χ3v) is 3.88. The highest BCUT2D eigenvalue weighted by atomic mass is 16.6. The van der Waals surface area contributed by atoms with Crippen LogP contribution in [0.15, 0.2) is 24.3 Å². The summed E-state index contributed by atoms with van der Waals surface area (Å²) in [5.41, 5.74) is 0.634. The minimum atomic E-state index is -0.513. The number of benzene rings is 1. The third kappa shape index (κ3) is 6.29. The van der Waals surface area contributed by atoms with Gasteiger partial charge in [-0.25, -0.2) is 4.79 Å². The van der Waals surface area contributed by atoms with E-state index < -0.39 is 5.60 Å². The Bertz CT molecular complexity index is 592. The van der Waals surface area contributed by atoms with Gasteiger partial charge >= 0.3 is 6.09 Å². The minimum Gasteiger partial charge on any atom is -0.484 e. The molecule has 25 heavy (non-hydrogen) atoms. The molecular weight excluding hydrogens is 320 g/mol. The van der Waals surface area contributed by atoms with E-state index >= 15 is 0 Å². The minimum absolute atomic E-state index is 0.00942. The van der Waals surface area contributed by atoms with Crippen LogP contribution < -0.4 is 4.74 Å². The van der Waals surface area contributed by atoms with Gasteiger partial charge in [0, 0.05) is 26.2 Å². The van der Waals surface area contributed by atoms with E-state index in [-0.39, 0.29) is 18.6 Å². The molecule has 138 valence electrons. The van der Waals surface area contributed by atoms with E-state index in [1.165, 1.54) is 0 Å². The third-order valence-electron chi connectivity index (χ3n) is 3.88. The topological polar surface area (TPSA) is 59.1 Å². The zero-order valence-corrected chi connectivity index (χ0v) is 15.6. The highest BCUT2D eigenvalue weighted by Gasteiger charge is 2.26. The molecule has 1 heterocycles. The van der Waals surface area contributed by atoms with Crippen LogP contribution in [0.5, 0.6) is 5.75 Å². The molecule has 1 fully saturated rings. The van der Waals surface area contributed by atoms with E-state index in [2.05, 4.69) is 0 Å². The van der Waals surface area contributed by atoms with Crippen LogP contribution in [0.4, 0.5) is 4.79 Å². The number of rotatable bonds is 3. The van der Waals surface area contributed by atoms with Crippen molar-refractivity contribution < 1.29 is 19.1 Å². The highest BCUT2D eigenvalue weighted by Crippen LogP contribution is 2.14. The first-order valence-corrected chi connectivity index (χ1v) is 8.70.